The van der Waals surface area contributed by atoms with E-state index in [4.69, 9.17) is 11.6 Å². The molecule has 0 aliphatic carbocycles. The summed E-state index contributed by atoms with van der Waals surface area (Å²) in [5, 5.41) is 0. The van der Waals surface area contributed by atoms with Gasteiger partial charge in [-0.3, -0.25) is 4.90 Å². The topological polar surface area (TPSA) is 19.4 Å². The first-order chi connectivity index (χ1) is 7.69. The second kappa shape index (κ2) is 5.45. The van der Waals surface area contributed by atoms with Gasteiger partial charge >= 0.3 is 0 Å². The molecule has 1 unspecified atom stereocenters. The zero-order valence-corrected chi connectivity index (χ0v) is 11.4. The van der Waals surface area contributed by atoms with E-state index in [0.717, 1.165) is 26.2 Å². The van der Waals surface area contributed by atoms with Crippen LogP contribution in [0.2, 0.25) is 4.47 Å². The molecule has 0 N–H and O–H groups in total. The molecule has 1 aromatic rings. The maximum atomic E-state index is 5.84. The van der Waals surface area contributed by atoms with Crippen molar-refractivity contribution < 1.29 is 0 Å². The van der Waals surface area contributed by atoms with Crippen molar-refractivity contribution in [2.24, 2.45) is 0 Å². The number of hydrogen-bond donors (Lipinski definition) is 0. The Hall–Kier alpha value is -0.160. The van der Waals surface area contributed by atoms with E-state index in [9.17, 15) is 0 Å². The van der Waals surface area contributed by atoms with Crippen LogP contribution < -0.4 is 0 Å². The largest absolute Gasteiger partial charge is 0.301 e. The molecule has 90 valence electrons. The Balaban J connectivity index is 1.91. The van der Waals surface area contributed by atoms with Gasteiger partial charge < -0.3 is 4.90 Å². The Morgan fingerprint density at radius 3 is 3.00 bits per heavy atom. The zero-order valence-electron chi connectivity index (χ0n) is 9.82. The van der Waals surface area contributed by atoms with E-state index >= 15 is 0 Å². The average Bonchev–Trinajstić information content (AvgIpc) is 2.67. The minimum atomic E-state index is 0.649. The maximum Gasteiger partial charge on any atom is 0.183 e. The highest BCUT2D eigenvalue weighted by atomic mass is 35.5. The van der Waals surface area contributed by atoms with Crippen molar-refractivity contribution >= 4 is 22.9 Å². The molecule has 2 rings (SSSR count). The molecule has 2 heterocycles. The fourth-order valence-electron chi connectivity index (χ4n) is 2.17. The van der Waals surface area contributed by atoms with Crippen LogP contribution in [0.25, 0.3) is 0 Å². The van der Waals surface area contributed by atoms with Crippen molar-refractivity contribution in [1.29, 1.82) is 0 Å². The Labute approximate surface area is 106 Å². The summed E-state index contributed by atoms with van der Waals surface area (Å²) in [4.78, 5) is 10.3. The van der Waals surface area contributed by atoms with E-state index in [1.54, 1.807) is 11.3 Å². The lowest BCUT2D eigenvalue weighted by Crippen LogP contribution is -2.50. The number of rotatable bonds is 3. The SMILES string of the molecule is CCC1CN(Cc2cnc(Cl)s2)CCN1C. The molecule has 1 aliphatic rings. The fraction of sp³-hybridized carbons (Fsp3) is 0.727. The van der Waals surface area contributed by atoms with Gasteiger partial charge in [0.1, 0.15) is 0 Å². The average molecular weight is 260 g/mol. The van der Waals surface area contributed by atoms with E-state index in [0.29, 0.717) is 10.5 Å². The van der Waals surface area contributed by atoms with Gasteiger partial charge in [-0.15, -0.1) is 11.3 Å². The molecule has 1 atom stereocenters. The summed E-state index contributed by atoms with van der Waals surface area (Å²) in [6.45, 7) is 6.71. The highest BCUT2D eigenvalue weighted by Crippen LogP contribution is 2.21. The van der Waals surface area contributed by atoms with E-state index in [2.05, 4.69) is 28.8 Å². The van der Waals surface area contributed by atoms with Gasteiger partial charge in [-0.25, -0.2) is 4.98 Å². The third kappa shape index (κ3) is 2.94. The minimum absolute atomic E-state index is 0.649. The van der Waals surface area contributed by atoms with Crippen LogP contribution >= 0.6 is 22.9 Å². The van der Waals surface area contributed by atoms with Crippen LogP contribution in [-0.4, -0.2) is 47.5 Å². The Kier molecular flexibility index (Phi) is 4.19. The molecule has 5 heteroatoms. The third-order valence-electron chi connectivity index (χ3n) is 3.24. The van der Waals surface area contributed by atoms with Crippen LogP contribution in [0.15, 0.2) is 6.20 Å². The van der Waals surface area contributed by atoms with Gasteiger partial charge in [0.2, 0.25) is 0 Å². The smallest absolute Gasteiger partial charge is 0.183 e. The van der Waals surface area contributed by atoms with Crippen LogP contribution in [0.4, 0.5) is 0 Å². The summed E-state index contributed by atoms with van der Waals surface area (Å²) >= 11 is 7.43. The van der Waals surface area contributed by atoms with Crippen LogP contribution in [-0.2, 0) is 6.54 Å². The van der Waals surface area contributed by atoms with E-state index in [1.807, 2.05) is 6.20 Å². The van der Waals surface area contributed by atoms with E-state index in [1.165, 1.54) is 11.3 Å². The molecule has 0 aromatic carbocycles. The van der Waals surface area contributed by atoms with Gasteiger partial charge in [0.25, 0.3) is 0 Å². The molecule has 16 heavy (non-hydrogen) atoms. The lowest BCUT2D eigenvalue weighted by atomic mass is 10.1. The minimum Gasteiger partial charge on any atom is -0.301 e. The van der Waals surface area contributed by atoms with Gasteiger partial charge in [0.15, 0.2) is 4.47 Å². The first-order valence-electron chi connectivity index (χ1n) is 5.72. The van der Waals surface area contributed by atoms with Gasteiger partial charge in [0.05, 0.1) is 0 Å². The Bertz CT molecular complexity index is 342. The number of nitrogens with zero attached hydrogens (tertiary/aromatic N) is 3. The van der Waals surface area contributed by atoms with Crippen molar-refractivity contribution in [3.63, 3.8) is 0 Å². The number of hydrogen-bond acceptors (Lipinski definition) is 4. The fourth-order valence-corrected chi connectivity index (χ4v) is 3.19. The van der Waals surface area contributed by atoms with Gasteiger partial charge in [-0.1, -0.05) is 18.5 Å². The molecular weight excluding hydrogens is 242 g/mol. The van der Waals surface area contributed by atoms with Gasteiger partial charge in [-0.05, 0) is 13.5 Å². The summed E-state index contributed by atoms with van der Waals surface area (Å²) in [5.74, 6) is 0. The second-order valence-electron chi connectivity index (χ2n) is 4.36. The lowest BCUT2D eigenvalue weighted by Gasteiger charge is -2.38. The quantitative estimate of drug-likeness (QED) is 0.831. The second-order valence-corrected chi connectivity index (χ2v) is 6.05. The predicted octanol–water partition coefficient (Wildman–Crippen LogP) is 2.32. The summed E-state index contributed by atoms with van der Waals surface area (Å²) in [7, 11) is 2.22. The highest BCUT2D eigenvalue weighted by Gasteiger charge is 2.22. The summed E-state index contributed by atoms with van der Waals surface area (Å²) < 4.78 is 0.649. The molecule has 0 radical (unpaired) electrons. The molecule has 0 saturated carbocycles. The van der Waals surface area contributed by atoms with Crippen LogP contribution in [0.3, 0.4) is 0 Å². The normalized spacial score (nSPS) is 23.8. The molecule has 1 aliphatic heterocycles. The predicted molar refractivity (Wildman–Crippen MR) is 69.1 cm³/mol. The molecule has 0 amide bonds. The van der Waals surface area contributed by atoms with Gasteiger partial charge in [-0.2, -0.15) is 0 Å². The molecule has 3 nitrogen and oxygen atoms in total. The van der Waals surface area contributed by atoms with Crippen molar-refractivity contribution in [3.05, 3.63) is 15.5 Å². The molecule has 1 fully saturated rings. The molecular formula is C11H18ClN3S. The molecule has 1 saturated heterocycles. The number of halogens is 1. The van der Waals surface area contributed by atoms with Crippen LogP contribution in [0, 0.1) is 0 Å². The van der Waals surface area contributed by atoms with Crippen LogP contribution in [0.5, 0.6) is 0 Å². The Morgan fingerprint density at radius 1 is 1.56 bits per heavy atom. The number of aromatic nitrogens is 1. The molecule has 1 aromatic heterocycles. The first-order valence-corrected chi connectivity index (χ1v) is 6.91. The molecule has 0 bridgehead atoms. The van der Waals surface area contributed by atoms with Crippen molar-refractivity contribution in [2.75, 3.05) is 26.7 Å². The van der Waals surface area contributed by atoms with E-state index in [-0.39, 0.29) is 0 Å². The van der Waals surface area contributed by atoms with E-state index < -0.39 is 0 Å². The highest BCUT2D eigenvalue weighted by molar-refractivity contribution is 7.15. The Morgan fingerprint density at radius 2 is 2.38 bits per heavy atom. The summed E-state index contributed by atoms with van der Waals surface area (Å²) in [6, 6.07) is 0.692. The monoisotopic (exact) mass is 259 g/mol. The number of likely N-dealkylation sites (N-methyl/N-ethyl adjacent to an activating group) is 1. The summed E-state index contributed by atoms with van der Waals surface area (Å²) in [5.41, 5.74) is 0. The standard InChI is InChI=1S/C11H18ClN3S/c1-3-9-7-15(5-4-14(9)2)8-10-6-13-11(12)16-10/h6,9H,3-5,7-8H2,1-2H3. The van der Waals surface area contributed by atoms with Crippen LogP contribution in [0.1, 0.15) is 18.2 Å². The van der Waals surface area contributed by atoms with Crippen molar-refractivity contribution in [3.8, 4) is 0 Å². The first kappa shape index (κ1) is 12.3. The van der Waals surface area contributed by atoms with Gasteiger partial charge in [0, 0.05) is 43.3 Å². The number of piperazine rings is 1. The van der Waals surface area contributed by atoms with Crippen molar-refractivity contribution in [2.45, 2.75) is 25.9 Å². The molecule has 0 spiro atoms. The number of thiazole rings is 1. The lowest BCUT2D eigenvalue weighted by molar-refractivity contribution is 0.0890. The zero-order chi connectivity index (χ0) is 11.5. The maximum absolute atomic E-state index is 5.84. The summed E-state index contributed by atoms with van der Waals surface area (Å²) in [6.07, 6.45) is 3.11. The third-order valence-corrected chi connectivity index (χ3v) is 4.34. The van der Waals surface area contributed by atoms with Crippen molar-refractivity contribution in [1.82, 2.24) is 14.8 Å².